The number of hydrogen-bond acceptors (Lipinski definition) is 6. The van der Waals surface area contributed by atoms with Crippen molar-refractivity contribution in [2.45, 2.75) is 44.6 Å². The SMILES string of the molecule is CCCN1CCOC(CCNS(=O)(=O)c2c(C)noc2C)C1. The molecule has 0 amide bonds. The molecule has 1 N–H and O–H groups in total. The summed E-state index contributed by atoms with van der Waals surface area (Å²) in [6.07, 6.45) is 1.85. The molecule has 0 aliphatic carbocycles. The number of ether oxygens (including phenoxy) is 1. The fraction of sp³-hybridized carbons (Fsp3) is 0.786. The molecule has 1 aliphatic heterocycles. The van der Waals surface area contributed by atoms with E-state index >= 15 is 0 Å². The Morgan fingerprint density at radius 3 is 2.82 bits per heavy atom. The van der Waals surface area contributed by atoms with Crippen molar-refractivity contribution in [3.8, 4) is 0 Å². The molecule has 1 aromatic heterocycles. The van der Waals surface area contributed by atoms with Gasteiger partial charge >= 0.3 is 0 Å². The highest BCUT2D eigenvalue weighted by atomic mass is 32.2. The minimum absolute atomic E-state index is 0.0765. The van der Waals surface area contributed by atoms with Gasteiger partial charge in [-0.15, -0.1) is 0 Å². The van der Waals surface area contributed by atoms with Gasteiger partial charge in [-0.2, -0.15) is 0 Å². The maximum Gasteiger partial charge on any atom is 0.245 e. The van der Waals surface area contributed by atoms with E-state index in [-0.39, 0.29) is 11.0 Å². The second kappa shape index (κ2) is 7.54. The van der Waals surface area contributed by atoms with E-state index in [0.717, 1.165) is 26.1 Å². The molecule has 0 radical (unpaired) electrons. The van der Waals surface area contributed by atoms with Crippen molar-refractivity contribution in [3.63, 3.8) is 0 Å². The first-order valence-corrected chi connectivity index (χ1v) is 9.19. The Kier molecular flexibility index (Phi) is 5.96. The number of nitrogens with one attached hydrogen (secondary N) is 1. The predicted octanol–water partition coefficient (Wildman–Crippen LogP) is 1.07. The zero-order chi connectivity index (χ0) is 16.2. The van der Waals surface area contributed by atoms with Crippen LogP contribution in [0.5, 0.6) is 0 Å². The van der Waals surface area contributed by atoms with Crippen molar-refractivity contribution in [3.05, 3.63) is 11.5 Å². The first-order chi connectivity index (χ1) is 10.4. The van der Waals surface area contributed by atoms with Crippen molar-refractivity contribution in [2.24, 2.45) is 0 Å². The van der Waals surface area contributed by atoms with Crippen LogP contribution in [0.15, 0.2) is 9.42 Å². The number of rotatable bonds is 7. The highest BCUT2D eigenvalue weighted by Crippen LogP contribution is 2.18. The lowest BCUT2D eigenvalue weighted by atomic mass is 10.2. The van der Waals surface area contributed by atoms with Crippen LogP contribution in [0.2, 0.25) is 0 Å². The number of morpholine rings is 1. The van der Waals surface area contributed by atoms with Gasteiger partial charge in [-0.25, -0.2) is 13.1 Å². The maximum atomic E-state index is 12.3. The number of aromatic nitrogens is 1. The number of aryl methyl sites for hydroxylation is 2. The molecule has 1 atom stereocenters. The van der Waals surface area contributed by atoms with Crippen LogP contribution in [0.3, 0.4) is 0 Å². The smallest absolute Gasteiger partial charge is 0.245 e. The molecule has 22 heavy (non-hydrogen) atoms. The second-order valence-electron chi connectivity index (χ2n) is 5.63. The summed E-state index contributed by atoms with van der Waals surface area (Å²) >= 11 is 0. The van der Waals surface area contributed by atoms with Crippen LogP contribution in [-0.2, 0) is 14.8 Å². The molecule has 0 saturated carbocycles. The van der Waals surface area contributed by atoms with Crippen LogP contribution < -0.4 is 4.72 Å². The predicted molar refractivity (Wildman–Crippen MR) is 82.3 cm³/mol. The Morgan fingerprint density at radius 1 is 1.41 bits per heavy atom. The van der Waals surface area contributed by atoms with Crippen molar-refractivity contribution >= 4 is 10.0 Å². The quantitative estimate of drug-likeness (QED) is 0.804. The maximum absolute atomic E-state index is 12.3. The molecule has 1 aromatic rings. The third kappa shape index (κ3) is 4.28. The standard InChI is InChI=1S/C14H25N3O4S/c1-4-7-17-8-9-20-13(10-17)5-6-15-22(18,19)14-11(2)16-21-12(14)3/h13,15H,4-10H2,1-3H3. The van der Waals surface area contributed by atoms with Gasteiger partial charge < -0.3 is 9.26 Å². The average molecular weight is 331 g/mol. The molecule has 126 valence electrons. The van der Waals surface area contributed by atoms with Gasteiger partial charge in [-0.1, -0.05) is 12.1 Å². The van der Waals surface area contributed by atoms with Gasteiger partial charge in [0.25, 0.3) is 0 Å². The molecular formula is C14H25N3O4S. The van der Waals surface area contributed by atoms with Crippen LogP contribution in [0.25, 0.3) is 0 Å². The number of sulfonamides is 1. The van der Waals surface area contributed by atoms with Crippen molar-refractivity contribution < 1.29 is 17.7 Å². The van der Waals surface area contributed by atoms with E-state index < -0.39 is 10.0 Å². The normalized spacial score (nSPS) is 20.4. The summed E-state index contributed by atoms with van der Waals surface area (Å²) in [6, 6.07) is 0. The molecule has 2 heterocycles. The van der Waals surface area contributed by atoms with Crippen molar-refractivity contribution in [1.29, 1.82) is 0 Å². The van der Waals surface area contributed by atoms with Gasteiger partial charge in [0, 0.05) is 19.6 Å². The van der Waals surface area contributed by atoms with Crippen LogP contribution in [0.1, 0.15) is 31.2 Å². The van der Waals surface area contributed by atoms with Gasteiger partial charge in [0.2, 0.25) is 10.0 Å². The topological polar surface area (TPSA) is 84.7 Å². The van der Waals surface area contributed by atoms with E-state index in [9.17, 15) is 8.42 Å². The highest BCUT2D eigenvalue weighted by Gasteiger charge is 2.25. The summed E-state index contributed by atoms with van der Waals surface area (Å²) < 4.78 is 37.8. The van der Waals surface area contributed by atoms with Crippen LogP contribution in [-0.4, -0.2) is 57.4 Å². The molecule has 1 fully saturated rings. The first-order valence-electron chi connectivity index (χ1n) is 7.70. The van der Waals surface area contributed by atoms with E-state index in [1.54, 1.807) is 13.8 Å². The van der Waals surface area contributed by atoms with Crippen molar-refractivity contribution in [2.75, 3.05) is 32.8 Å². The Hall–Kier alpha value is -0.960. The van der Waals surface area contributed by atoms with E-state index in [1.807, 2.05) is 0 Å². The van der Waals surface area contributed by atoms with Crippen molar-refractivity contribution in [1.82, 2.24) is 14.8 Å². The minimum Gasteiger partial charge on any atom is -0.376 e. The first kappa shape index (κ1) is 17.4. The van der Waals surface area contributed by atoms with Gasteiger partial charge in [0.05, 0.1) is 12.7 Å². The van der Waals surface area contributed by atoms with Crippen LogP contribution >= 0.6 is 0 Å². The molecule has 1 aliphatic rings. The van der Waals surface area contributed by atoms with Crippen LogP contribution in [0, 0.1) is 13.8 Å². The van der Waals surface area contributed by atoms with Gasteiger partial charge in [-0.3, -0.25) is 4.90 Å². The number of hydrogen-bond donors (Lipinski definition) is 1. The Balaban J connectivity index is 1.85. The Labute approximate surface area is 132 Å². The lowest BCUT2D eigenvalue weighted by molar-refractivity contribution is -0.0309. The van der Waals surface area contributed by atoms with E-state index in [0.29, 0.717) is 31.0 Å². The second-order valence-corrected chi connectivity index (χ2v) is 7.34. The summed E-state index contributed by atoms with van der Waals surface area (Å²) in [6.45, 7) is 9.31. The lowest BCUT2D eigenvalue weighted by Gasteiger charge is -2.32. The molecule has 1 saturated heterocycles. The van der Waals surface area contributed by atoms with Gasteiger partial charge in [-0.05, 0) is 33.2 Å². The summed E-state index contributed by atoms with van der Waals surface area (Å²) in [4.78, 5) is 2.50. The zero-order valence-corrected chi connectivity index (χ0v) is 14.3. The van der Waals surface area contributed by atoms with Gasteiger partial charge in [0.1, 0.15) is 10.6 Å². The Bertz CT molecular complexity index is 563. The third-order valence-corrected chi connectivity index (χ3v) is 5.46. The summed E-state index contributed by atoms with van der Waals surface area (Å²) in [5.41, 5.74) is 0.382. The average Bonchev–Trinajstić information content (AvgIpc) is 2.79. The van der Waals surface area contributed by atoms with E-state index in [1.165, 1.54) is 0 Å². The van der Waals surface area contributed by atoms with E-state index in [4.69, 9.17) is 9.26 Å². The molecule has 0 bridgehead atoms. The largest absolute Gasteiger partial charge is 0.376 e. The zero-order valence-electron chi connectivity index (χ0n) is 13.5. The van der Waals surface area contributed by atoms with Gasteiger partial charge in [0.15, 0.2) is 5.76 Å². The molecule has 2 rings (SSSR count). The van der Waals surface area contributed by atoms with Crippen LogP contribution in [0.4, 0.5) is 0 Å². The fourth-order valence-corrected chi connectivity index (χ4v) is 4.13. The molecule has 0 aromatic carbocycles. The van der Waals surface area contributed by atoms with E-state index in [2.05, 4.69) is 21.7 Å². The monoisotopic (exact) mass is 331 g/mol. The Morgan fingerprint density at radius 2 is 2.18 bits per heavy atom. The molecular weight excluding hydrogens is 306 g/mol. The fourth-order valence-electron chi connectivity index (χ4n) is 2.76. The molecule has 0 spiro atoms. The molecule has 8 heteroatoms. The minimum atomic E-state index is -3.58. The third-order valence-electron chi connectivity index (χ3n) is 3.76. The molecule has 1 unspecified atom stereocenters. The highest BCUT2D eigenvalue weighted by molar-refractivity contribution is 7.89. The summed E-state index contributed by atoms with van der Waals surface area (Å²) in [7, 11) is -3.58. The summed E-state index contributed by atoms with van der Waals surface area (Å²) in [5.74, 6) is 0.313. The lowest BCUT2D eigenvalue weighted by Crippen LogP contribution is -2.44. The number of nitrogens with zero attached hydrogens (tertiary/aromatic N) is 2. The summed E-state index contributed by atoms with van der Waals surface area (Å²) in [5, 5.41) is 3.69. The molecule has 7 nitrogen and oxygen atoms in total.